The summed E-state index contributed by atoms with van der Waals surface area (Å²) in [5, 5.41) is 9.73. The highest BCUT2D eigenvalue weighted by Gasteiger charge is 2.15. The van der Waals surface area contributed by atoms with Gasteiger partial charge < -0.3 is 9.67 Å². The Labute approximate surface area is 124 Å². The number of unbranched alkanes of at least 4 members (excludes halogenated alkanes) is 1. The van der Waals surface area contributed by atoms with Gasteiger partial charge in [0.2, 0.25) is 5.43 Å². The van der Waals surface area contributed by atoms with Crippen LogP contribution in [0.5, 0.6) is 0 Å². The Morgan fingerprint density at radius 1 is 1.33 bits per heavy atom. The molecule has 1 aromatic heterocycles. The van der Waals surface area contributed by atoms with Crippen molar-refractivity contribution in [2.75, 3.05) is 0 Å². The van der Waals surface area contributed by atoms with Crippen LogP contribution in [0.4, 0.5) is 0 Å². The smallest absolute Gasteiger partial charge is 0.341 e. The van der Waals surface area contributed by atoms with Crippen LogP contribution < -0.4 is 5.43 Å². The molecule has 0 aliphatic carbocycles. The SMILES string of the molecule is CCCCc1ccc2c(c1)c(=O)c(C(=O)O)cn2C(C)C. The summed E-state index contributed by atoms with van der Waals surface area (Å²) >= 11 is 0. The van der Waals surface area contributed by atoms with Crippen LogP contribution in [0.2, 0.25) is 0 Å². The highest BCUT2D eigenvalue weighted by molar-refractivity contribution is 5.92. The lowest BCUT2D eigenvalue weighted by Crippen LogP contribution is -2.19. The molecule has 21 heavy (non-hydrogen) atoms. The van der Waals surface area contributed by atoms with E-state index in [0.29, 0.717) is 5.39 Å². The number of rotatable bonds is 5. The number of fused-ring (bicyclic) bond motifs is 1. The zero-order valence-electron chi connectivity index (χ0n) is 12.7. The summed E-state index contributed by atoms with van der Waals surface area (Å²) in [6, 6.07) is 5.88. The number of carboxylic acid groups (broad SMARTS) is 1. The number of aromatic nitrogens is 1. The lowest BCUT2D eigenvalue weighted by molar-refractivity contribution is 0.0695. The molecule has 1 heterocycles. The Hall–Kier alpha value is -2.10. The lowest BCUT2D eigenvalue weighted by atomic mass is 10.0. The fourth-order valence-corrected chi connectivity index (χ4v) is 2.52. The molecule has 4 heteroatoms. The maximum Gasteiger partial charge on any atom is 0.341 e. The Kier molecular flexibility index (Phi) is 4.46. The summed E-state index contributed by atoms with van der Waals surface area (Å²) < 4.78 is 1.85. The molecule has 112 valence electrons. The van der Waals surface area contributed by atoms with E-state index >= 15 is 0 Å². The van der Waals surface area contributed by atoms with E-state index in [2.05, 4.69) is 6.92 Å². The monoisotopic (exact) mass is 287 g/mol. The third kappa shape index (κ3) is 2.99. The third-order valence-electron chi connectivity index (χ3n) is 3.70. The van der Waals surface area contributed by atoms with Gasteiger partial charge in [0.15, 0.2) is 0 Å². The Bertz CT molecular complexity index is 729. The predicted octanol–water partition coefficient (Wildman–Crippen LogP) is 3.62. The Morgan fingerprint density at radius 2 is 2.05 bits per heavy atom. The van der Waals surface area contributed by atoms with Crippen LogP contribution in [-0.4, -0.2) is 15.6 Å². The fourth-order valence-electron chi connectivity index (χ4n) is 2.52. The average molecular weight is 287 g/mol. The van der Waals surface area contributed by atoms with E-state index < -0.39 is 11.4 Å². The summed E-state index contributed by atoms with van der Waals surface area (Å²) in [6.45, 7) is 6.07. The van der Waals surface area contributed by atoms with Crippen molar-refractivity contribution >= 4 is 16.9 Å². The number of hydrogen-bond donors (Lipinski definition) is 1. The minimum absolute atomic E-state index is 0.0905. The molecule has 0 bridgehead atoms. The molecular weight excluding hydrogens is 266 g/mol. The molecule has 2 rings (SSSR count). The van der Waals surface area contributed by atoms with Gasteiger partial charge in [-0.25, -0.2) is 4.79 Å². The first-order valence-corrected chi connectivity index (χ1v) is 7.36. The molecule has 0 saturated carbocycles. The number of benzene rings is 1. The van der Waals surface area contributed by atoms with E-state index in [1.807, 2.05) is 36.6 Å². The van der Waals surface area contributed by atoms with Crippen LogP contribution in [0, 0.1) is 0 Å². The first-order chi connectivity index (χ1) is 9.95. The molecule has 0 amide bonds. The van der Waals surface area contributed by atoms with E-state index in [9.17, 15) is 14.7 Å². The van der Waals surface area contributed by atoms with E-state index in [0.717, 1.165) is 30.3 Å². The molecule has 0 fully saturated rings. The second kappa shape index (κ2) is 6.12. The van der Waals surface area contributed by atoms with Crippen molar-refractivity contribution < 1.29 is 9.90 Å². The first-order valence-electron chi connectivity index (χ1n) is 7.36. The normalized spacial score (nSPS) is 11.2. The molecule has 0 atom stereocenters. The maximum atomic E-state index is 12.4. The zero-order chi connectivity index (χ0) is 15.6. The van der Waals surface area contributed by atoms with E-state index in [1.165, 1.54) is 6.20 Å². The molecule has 1 aromatic carbocycles. The maximum absolute atomic E-state index is 12.4. The number of nitrogens with zero attached hydrogens (tertiary/aromatic N) is 1. The fraction of sp³-hybridized carbons (Fsp3) is 0.412. The minimum Gasteiger partial charge on any atom is -0.477 e. The van der Waals surface area contributed by atoms with Crippen molar-refractivity contribution in [1.29, 1.82) is 0 Å². The summed E-state index contributed by atoms with van der Waals surface area (Å²) in [5.74, 6) is -1.17. The van der Waals surface area contributed by atoms with Gasteiger partial charge in [0.1, 0.15) is 5.56 Å². The van der Waals surface area contributed by atoms with Gasteiger partial charge in [0, 0.05) is 17.6 Å². The lowest BCUT2D eigenvalue weighted by Gasteiger charge is -2.16. The van der Waals surface area contributed by atoms with Crippen molar-refractivity contribution in [3.8, 4) is 0 Å². The predicted molar refractivity (Wildman–Crippen MR) is 84.2 cm³/mol. The van der Waals surface area contributed by atoms with Crippen LogP contribution in [0.25, 0.3) is 10.9 Å². The highest BCUT2D eigenvalue weighted by atomic mass is 16.4. The van der Waals surface area contributed by atoms with Gasteiger partial charge in [0.25, 0.3) is 0 Å². The van der Waals surface area contributed by atoms with Crippen molar-refractivity contribution in [3.05, 3.63) is 45.7 Å². The van der Waals surface area contributed by atoms with E-state index in [1.54, 1.807) is 0 Å². The van der Waals surface area contributed by atoms with Crippen molar-refractivity contribution in [3.63, 3.8) is 0 Å². The van der Waals surface area contributed by atoms with Crippen molar-refractivity contribution in [2.24, 2.45) is 0 Å². The summed E-state index contributed by atoms with van der Waals surface area (Å²) in [6.07, 6.45) is 4.50. The van der Waals surface area contributed by atoms with E-state index in [-0.39, 0.29) is 11.6 Å². The molecule has 0 saturated heterocycles. The molecule has 2 aromatic rings. The van der Waals surface area contributed by atoms with Crippen LogP contribution in [0.15, 0.2) is 29.2 Å². The van der Waals surface area contributed by atoms with Gasteiger partial charge in [-0.15, -0.1) is 0 Å². The largest absolute Gasteiger partial charge is 0.477 e. The van der Waals surface area contributed by atoms with E-state index in [4.69, 9.17) is 0 Å². The standard InChI is InChI=1S/C17H21NO3/c1-4-5-6-12-7-8-15-13(9-12)16(19)14(17(20)21)10-18(15)11(2)3/h7-11H,4-6H2,1-3H3,(H,20,21). The second-order valence-electron chi connectivity index (χ2n) is 5.63. The molecular formula is C17H21NO3. The van der Waals surface area contributed by atoms with Crippen LogP contribution >= 0.6 is 0 Å². The summed E-state index contributed by atoms with van der Waals surface area (Å²) in [4.78, 5) is 23.7. The van der Waals surface area contributed by atoms with Gasteiger partial charge in [-0.3, -0.25) is 4.79 Å². The molecule has 0 spiro atoms. The number of pyridine rings is 1. The van der Waals surface area contributed by atoms with Crippen LogP contribution in [0.3, 0.4) is 0 Å². The summed E-state index contributed by atoms with van der Waals surface area (Å²) in [5.41, 5.74) is 1.32. The molecule has 4 nitrogen and oxygen atoms in total. The van der Waals surface area contributed by atoms with Gasteiger partial charge in [-0.1, -0.05) is 19.4 Å². The number of aromatic carboxylic acids is 1. The van der Waals surface area contributed by atoms with Gasteiger partial charge in [-0.2, -0.15) is 0 Å². The minimum atomic E-state index is -1.17. The number of carboxylic acids is 1. The van der Waals surface area contributed by atoms with Crippen molar-refractivity contribution in [2.45, 2.75) is 46.1 Å². The molecule has 0 aliphatic heterocycles. The molecule has 0 radical (unpaired) electrons. The molecule has 0 aliphatic rings. The summed E-state index contributed by atoms with van der Waals surface area (Å²) in [7, 11) is 0. The van der Waals surface area contributed by atoms with Crippen LogP contribution in [0.1, 0.15) is 55.6 Å². The van der Waals surface area contributed by atoms with Crippen LogP contribution in [-0.2, 0) is 6.42 Å². The Morgan fingerprint density at radius 3 is 2.62 bits per heavy atom. The van der Waals surface area contributed by atoms with Gasteiger partial charge in [0.05, 0.1) is 5.52 Å². The zero-order valence-corrected chi connectivity index (χ0v) is 12.7. The number of carbonyl (C=O) groups is 1. The average Bonchev–Trinajstić information content (AvgIpc) is 2.45. The van der Waals surface area contributed by atoms with Gasteiger partial charge in [-0.05, 0) is 44.4 Å². The van der Waals surface area contributed by atoms with Crippen molar-refractivity contribution in [1.82, 2.24) is 4.57 Å². The quantitative estimate of drug-likeness (QED) is 0.913. The van der Waals surface area contributed by atoms with Gasteiger partial charge >= 0.3 is 5.97 Å². The highest BCUT2D eigenvalue weighted by Crippen LogP contribution is 2.19. The topological polar surface area (TPSA) is 59.3 Å². The Balaban J connectivity index is 2.73. The number of aryl methyl sites for hydroxylation is 1. The molecule has 0 unspecified atom stereocenters. The molecule has 1 N–H and O–H groups in total. The second-order valence-corrected chi connectivity index (χ2v) is 5.63. The number of hydrogen-bond acceptors (Lipinski definition) is 2. The third-order valence-corrected chi connectivity index (χ3v) is 3.70. The first kappa shape index (κ1) is 15.3.